The van der Waals surface area contributed by atoms with E-state index in [2.05, 4.69) is 26.0 Å². The fraction of sp³-hybridized carbons (Fsp3) is 0.571. The molecule has 1 aromatic rings. The Hall–Kier alpha value is -1.02. The second kappa shape index (κ2) is 4.10. The van der Waals surface area contributed by atoms with Crippen molar-refractivity contribution in [2.24, 2.45) is 5.41 Å². The van der Waals surface area contributed by atoms with Gasteiger partial charge < -0.3 is 9.84 Å². The van der Waals surface area contributed by atoms with Crippen molar-refractivity contribution in [2.75, 3.05) is 7.11 Å². The van der Waals surface area contributed by atoms with Crippen LogP contribution in [0.2, 0.25) is 0 Å². The highest BCUT2D eigenvalue weighted by molar-refractivity contribution is 5.31. The van der Waals surface area contributed by atoms with Crippen molar-refractivity contribution in [1.82, 2.24) is 0 Å². The van der Waals surface area contributed by atoms with Crippen LogP contribution in [0, 0.1) is 5.41 Å². The number of ether oxygens (including phenoxy) is 1. The lowest BCUT2D eigenvalue weighted by molar-refractivity contribution is 0.0706. The summed E-state index contributed by atoms with van der Waals surface area (Å²) in [4.78, 5) is 0. The number of aliphatic hydroxyl groups excluding tert-OH is 1. The third-order valence-corrected chi connectivity index (χ3v) is 4.00. The smallest absolute Gasteiger partial charge is 0.118 e. The van der Waals surface area contributed by atoms with Gasteiger partial charge in [-0.15, -0.1) is 0 Å². The third-order valence-electron chi connectivity index (χ3n) is 4.00. The molecule has 2 heteroatoms. The van der Waals surface area contributed by atoms with Gasteiger partial charge in [0.2, 0.25) is 0 Å². The molecule has 0 heterocycles. The quantitative estimate of drug-likeness (QED) is 0.830. The zero-order valence-electron chi connectivity index (χ0n) is 10.2. The first-order valence-electron chi connectivity index (χ1n) is 5.87. The summed E-state index contributed by atoms with van der Waals surface area (Å²) in [5, 5.41) is 9.96. The van der Waals surface area contributed by atoms with E-state index in [4.69, 9.17) is 4.74 Å². The highest BCUT2D eigenvalue weighted by Crippen LogP contribution is 2.48. The number of hydrogen-bond acceptors (Lipinski definition) is 2. The van der Waals surface area contributed by atoms with E-state index in [9.17, 15) is 5.11 Å². The van der Waals surface area contributed by atoms with Crippen molar-refractivity contribution in [3.05, 3.63) is 29.8 Å². The molecular formula is C14H20O2. The van der Waals surface area contributed by atoms with Crippen LogP contribution in [-0.4, -0.2) is 18.3 Å². The number of rotatable bonds is 2. The lowest BCUT2D eigenvalue weighted by atomic mass is 9.76. The van der Waals surface area contributed by atoms with Crippen LogP contribution < -0.4 is 4.74 Å². The minimum absolute atomic E-state index is 0.0193. The number of benzene rings is 1. The molecule has 0 saturated heterocycles. The Morgan fingerprint density at radius 2 is 1.81 bits per heavy atom. The summed E-state index contributed by atoms with van der Waals surface area (Å²) in [6.07, 6.45) is 1.80. The maximum absolute atomic E-state index is 9.96. The van der Waals surface area contributed by atoms with E-state index in [0.717, 1.165) is 18.6 Å². The number of aliphatic hydroxyl groups is 1. The molecule has 0 radical (unpaired) electrons. The van der Waals surface area contributed by atoms with Crippen molar-refractivity contribution in [2.45, 2.75) is 38.7 Å². The van der Waals surface area contributed by atoms with E-state index in [1.165, 1.54) is 5.56 Å². The number of methoxy groups -OCH3 is 1. The average molecular weight is 220 g/mol. The molecule has 1 N–H and O–H groups in total. The molecule has 0 spiro atoms. The molecule has 2 atom stereocenters. The third kappa shape index (κ3) is 1.82. The van der Waals surface area contributed by atoms with E-state index in [1.54, 1.807) is 7.11 Å². The average Bonchev–Trinajstić information content (AvgIpc) is 2.54. The Morgan fingerprint density at radius 3 is 2.25 bits per heavy atom. The van der Waals surface area contributed by atoms with Crippen molar-refractivity contribution < 1.29 is 9.84 Å². The fourth-order valence-corrected chi connectivity index (χ4v) is 2.73. The zero-order valence-corrected chi connectivity index (χ0v) is 10.2. The van der Waals surface area contributed by atoms with Gasteiger partial charge in [0.1, 0.15) is 5.75 Å². The molecule has 0 amide bonds. The molecule has 2 rings (SSSR count). The van der Waals surface area contributed by atoms with Crippen molar-refractivity contribution in [3.63, 3.8) is 0 Å². The molecule has 2 nitrogen and oxygen atoms in total. The maximum Gasteiger partial charge on any atom is 0.118 e. The SMILES string of the molecule is COc1ccc([C@H]2CC[C@@H](O)C2(C)C)cc1. The molecular weight excluding hydrogens is 200 g/mol. The molecule has 0 aromatic heterocycles. The monoisotopic (exact) mass is 220 g/mol. The molecule has 1 aliphatic carbocycles. The topological polar surface area (TPSA) is 29.5 Å². The molecule has 0 bridgehead atoms. The largest absolute Gasteiger partial charge is 0.497 e. The van der Waals surface area contributed by atoms with Crippen LogP contribution in [0.5, 0.6) is 5.75 Å². The Morgan fingerprint density at radius 1 is 1.19 bits per heavy atom. The highest BCUT2D eigenvalue weighted by Gasteiger charge is 2.42. The number of hydrogen-bond donors (Lipinski definition) is 1. The molecule has 1 aromatic carbocycles. The Balaban J connectivity index is 2.24. The van der Waals surface area contributed by atoms with E-state index in [1.807, 2.05) is 12.1 Å². The van der Waals surface area contributed by atoms with Crippen LogP contribution in [0.1, 0.15) is 38.2 Å². The van der Waals surface area contributed by atoms with Gasteiger partial charge in [0.25, 0.3) is 0 Å². The van der Waals surface area contributed by atoms with Crippen molar-refractivity contribution >= 4 is 0 Å². The van der Waals surface area contributed by atoms with Gasteiger partial charge in [0.15, 0.2) is 0 Å². The highest BCUT2D eigenvalue weighted by atomic mass is 16.5. The lowest BCUT2D eigenvalue weighted by Gasteiger charge is -2.30. The van der Waals surface area contributed by atoms with Crippen LogP contribution in [0.15, 0.2) is 24.3 Å². The minimum Gasteiger partial charge on any atom is -0.497 e. The van der Waals surface area contributed by atoms with E-state index in [0.29, 0.717) is 5.92 Å². The first-order chi connectivity index (χ1) is 7.55. The summed E-state index contributed by atoms with van der Waals surface area (Å²) in [5.74, 6) is 1.34. The van der Waals surface area contributed by atoms with Gasteiger partial charge in [-0.25, -0.2) is 0 Å². The minimum atomic E-state index is -0.181. The molecule has 1 aliphatic rings. The Kier molecular flexibility index (Phi) is 2.94. The van der Waals surface area contributed by atoms with Gasteiger partial charge in [-0.2, -0.15) is 0 Å². The van der Waals surface area contributed by atoms with Gasteiger partial charge >= 0.3 is 0 Å². The zero-order chi connectivity index (χ0) is 11.8. The Labute approximate surface area is 97.3 Å². The molecule has 1 saturated carbocycles. The molecule has 88 valence electrons. The van der Waals surface area contributed by atoms with Gasteiger partial charge in [0, 0.05) is 0 Å². The normalized spacial score (nSPS) is 28.0. The second-order valence-corrected chi connectivity index (χ2v) is 5.24. The van der Waals surface area contributed by atoms with Gasteiger partial charge in [-0.1, -0.05) is 26.0 Å². The maximum atomic E-state index is 9.96. The summed E-state index contributed by atoms with van der Waals surface area (Å²) in [5.41, 5.74) is 1.29. The predicted molar refractivity (Wildman–Crippen MR) is 64.8 cm³/mol. The molecule has 0 aliphatic heterocycles. The standard InChI is InChI=1S/C14H20O2/c1-14(2)12(8-9-13(14)15)10-4-6-11(16-3)7-5-10/h4-7,12-13,15H,8-9H2,1-3H3/t12-,13-/m1/s1. The van der Waals surface area contributed by atoms with Crippen molar-refractivity contribution in [3.8, 4) is 5.75 Å². The first kappa shape index (κ1) is 11.5. The van der Waals surface area contributed by atoms with Gasteiger partial charge in [0.05, 0.1) is 13.2 Å². The molecule has 0 unspecified atom stereocenters. The summed E-state index contributed by atoms with van der Waals surface area (Å²) in [6.45, 7) is 4.30. The summed E-state index contributed by atoms with van der Waals surface area (Å²) >= 11 is 0. The second-order valence-electron chi connectivity index (χ2n) is 5.24. The van der Waals surface area contributed by atoms with Crippen LogP contribution in [-0.2, 0) is 0 Å². The molecule has 1 fully saturated rings. The fourth-order valence-electron chi connectivity index (χ4n) is 2.73. The molecule has 16 heavy (non-hydrogen) atoms. The summed E-state index contributed by atoms with van der Waals surface area (Å²) < 4.78 is 5.16. The first-order valence-corrected chi connectivity index (χ1v) is 5.87. The lowest BCUT2D eigenvalue weighted by Crippen LogP contribution is -2.27. The van der Waals surface area contributed by atoms with Crippen LogP contribution >= 0.6 is 0 Å². The van der Waals surface area contributed by atoms with E-state index in [-0.39, 0.29) is 11.5 Å². The summed E-state index contributed by atoms with van der Waals surface area (Å²) in [7, 11) is 1.68. The Bertz CT molecular complexity index is 354. The van der Waals surface area contributed by atoms with Gasteiger partial charge in [-0.05, 0) is 41.9 Å². The van der Waals surface area contributed by atoms with Gasteiger partial charge in [-0.3, -0.25) is 0 Å². The van der Waals surface area contributed by atoms with Crippen LogP contribution in [0.25, 0.3) is 0 Å². The van der Waals surface area contributed by atoms with Crippen LogP contribution in [0.4, 0.5) is 0 Å². The van der Waals surface area contributed by atoms with Crippen LogP contribution in [0.3, 0.4) is 0 Å². The van der Waals surface area contributed by atoms with Crippen molar-refractivity contribution in [1.29, 1.82) is 0 Å². The predicted octanol–water partition coefficient (Wildman–Crippen LogP) is 2.96. The summed E-state index contributed by atoms with van der Waals surface area (Å²) in [6, 6.07) is 8.22. The van der Waals surface area contributed by atoms with E-state index >= 15 is 0 Å². The van der Waals surface area contributed by atoms with E-state index < -0.39 is 0 Å².